The smallest absolute Gasteiger partial charge is 0.310 e. The minimum absolute atomic E-state index is 0. The molecule has 1 aliphatic rings. The predicted octanol–water partition coefficient (Wildman–Crippen LogP) is 3.73. The molecule has 7 heteroatoms. The summed E-state index contributed by atoms with van der Waals surface area (Å²) in [6, 6.07) is 7.75. The summed E-state index contributed by atoms with van der Waals surface area (Å²) in [5.74, 6) is 2.18. The van der Waals surface area contributed by atoms with Crippen molar-refractivity contribution in [2.24, 2.45) is 5.73 Å². The van der Waals surface area contributed by atoms with Crippen molar-refractivity contribution in [3.05, 3.63) is 46.5 Å². The minimum Gasteiger partial charge on any atom is -0.496 e. The molecule has 0 spiro atoms. The fraction of sp³-hybridized carbons (Fsp3) is 0.381. The van der Waals surface area contributed by atoms with Gasteiger partial charge in [-0.05, 0) is 12.1 Å². The van der Waals surface area contributed by atoms with E-state index < -0.39 is 0 Å². The second-order valence-corrected chi connectivity index (χ2v) is 6.93. The van der Waals surface area contributed by atoms with Gasteiger partial charge in [0.25, 0.3) is 0 Å². The number of halogens is 1. The number of hydrogen-bond donors (Lipinski definition) is 1. The molecule has 0 atom stereocenters. The SMILES string of the molecule is COC(=O)Cc1c(OC)ccc2c1Oc1c(ccc(OC)c1CN)C2(C)C.Cl. The molecule has 1 aliphatic heterocycles. The van der Waals surface area contributed by atoms with E-state index in [9.17, 15) is 4.79 Å². The Labute approximate surface area is 171 Å². The molecule has 0 aromatic heterocycles. The van der Waals surface area contributed by atoms with Crippen LogP contribution in [0.2, 0.25) is 0 Å². The van der Waals surface area contributed by atoms with Gasteiger partial charge in [0, 0.05) is 28.7 Å². The lowest BCUT2D eigenvalue weighted by Crippen LogP contribution is -2.26. The Morgan fingerprint density at radius 1 is 0.964 bits per heavy atom. The summed E-state index contributed by atoms with van der Waals surface area (Å²) in [5, 5.41) is 0. The lowest BCUT2D eigenvalue weighted by molar-refractivity contribution is -0.139. The molecule has 0 saturated carbocycles. The Bertz CT molecular complexity index is 895. The molecular weight excluding hydrogens is 382 g/mol. The number of methoxy groups -OCH3 is 3. The second kappa shape index (κ2) is 8.29. The van der Waals surface area contributed by atoms with Gasteiger partial charge in [-0.15, -0.1) is 12.4 Å². The van der Waals surface area contributed by atoms with Crippen LogP contribution in [-0.4, -0.2) is 27.3 Å². The summed E-state index contributed by atoms with van der Waals surface area (Å²) in [6.07, 6.45) is 0.0518. The van der Waals surface area contributed by atoms with Crippen molar-refractivity contribution >= 4 is 18.4 Å². The Kier molecular flexibility index (Phi) is 6.47. The first-order valence-electron chi connectivity index (χ1n) is 8.74. The highest BCUT2D eigenvalue weighted by molar-refractivity contribution is 5.85. The number of fused-ring (bicyclic) bond motifs is 2. The van der Waals surface area contributed by atoms with E-state index in [1.54, 1.807) is 14.2 Å². The van der Waals surface area contributed by atoms with Crippen molar-refractivity contribution in [1.82, 2.24) is 0 Å². The molecule has 28 heavy (non-hydrogen) atoms. The lowest BCUT2D eigenvalue weighted by Gasteiger charge is -2.37. The largest absolute Gasteiger partial charge is 0.496 e. The molecule has 0 fully saturated rings. The van der Waals surface area contributed by atoms with Crippen LogP contribution in [0.25, 0.3) is 0 Å². The van der Waals surface area contributed by atoms with Crippen molar-refractivity contribution in [2.75, 3.05) is 21.3 Å². The van der Waals surface area contributed by atoms with Crippen LogP contribution in [0, 0.1) is 0 Å². The third kappa shape index (κ3) is 3.38. The molecule has 0 bridgehead atoms. The van der Waals surface area contributed by atoms with Crippen LogP contribution in [0.3, 0.4) is 0 Å². The number of nitrogens with two attached hydrogens (primary N) is 1. The predicted molar refractivity (Wildman–Crippen MR) is 109 cm³/mol. The molecule has 6 nitrogen and oxygen atoms in total. The molecule has 0 unspecified atom stereocenters. The van der Waals surface area contributed by atoms with Crippen molar-refractivity contribution in [3.8, 4) is 23.0 Å². The molecule has 2 aromatic rings. The number of carbonyl (C=O) groups excluding carboxylic acids is 1. The van der Waals surface area contributed by atoms with Crippen LogP contribution in [0.5, 0.6) is 23.0 Å². The summed E-state index contributed by atoms with van der Waals surface area (Å²) in [4.78, 5) is 12.0. The summed E-state index contributed by atoms with van der Waals surface area (Å²) in [6.45, 7) is 4.51. The quantitative estimate of drug-likeness (QED) is 0.760. The van der Waals surface area contributed by atoms with E-state index in [0.717, 1.165) is 16.7 Å². The van der Waals surface area contributed by atoms with E-state index in [0.29, 0.717) is 28.6 Å². The van der Waals surface area contributed by atoms with Crippen molar-refractivity contribution in [2.45, 2.75) is 32.2 Å². The number of carbonyl (C=O) groups is 1. The van der Waals surface area contributed by atoms with Gasteiger partial charge < -0.3 is 24.7 Å². The van der Waals surface area contributed by atoms with Gasteiger partial charge in [-0.1, -0.05) is 26.0 Å². The molecule has 0 amide bonds. The van der Waals surface area contributed by atoms with Crippen LogP contribution in [0.4, 0.5) is 0 Å². The van der Waals surface area contributed by atoms with Crippen LogP contribution in [-0.2, 0) is 27.9 Å². The maximum Gasteiger partial charge on any atom is 0.310 e. The Hall–Kier alpha value is -2.44. The van der Waals surface area contributed by atoms with Gasteiger partial charge in [0.2, 0.25) is 0 Å². The molecule has 3 rings (SSSR count). The Balaban J connectivity index is 0.00000280. The number of benzene rings is 2. The van der Waals surface area contributed by atoms with Crippen LogP contribution < -0.4 is 19.9 Å². The van der Waals surface area contributed by atoms with E-state index >= 15 is 0 Å². The molecule has 2 aromatic carbocycles. The zero-order valence-corrected chi connectivity index (χ0v) is 17.6. The summed E-state index contributed by atoms with van der Waals surface area (Å²) in [7, 11) is 4.54. The molecule has 2 N–H and O–H groups in total. The van der Waals surface area contributed by atoms with E-state index in [2.05, 4.69) is 13.8 Å². The molecule has 152 valence electrons. The standard InChI is InChI=1S/C21H25NO5.ClH/c1-21(2)14-6-8-16(24-3)12(10-18(23)26-5)19(14)27-20-13(11-22)17(25-4)9-7-15(20)21;/h6-9H,10-11,22H2,1-5H3;1H. The highest BCUT2D eigenvalue weighted by atomic mass is 35.5. The minimum atomic E-state index is -0.362. The lowest BCUT2D eigenvalue weighted by atomic mass is 9.74. The normalized spacial score (nSPS) is 13.4. The zero-order chi connectivity index (χ0) is 19.8. The summed E-state index contributed by atoms with van der Waals surface area (Å²) >= 11 is 0. The highest BCUT2D eigenvalue weighted by Gasteiger charge is 2.38. The number of esters is 1. The highest BCUT2D eigenvalue weighted by Crippen LogP contribution is 2.53. The fourth-order valence-electron chi connectivity index (χ4n) is 3.64. The van der Waals surface area contributed by atoms with Gasteiger partial charge in [-0.25, -0.2) is 0 Å². The van der Waals surface area contributed by atoms with Crippen LogP contribution in [0.15, 0.2) is 24.3 Å². The molecule has 0 aliphatic carbocycles. The van der Waals surface area contributed by atoms with Gasteiger partial charge in [-0.2, -0.15) is 0 Å². The van der Waals surface area contributed by atoms with E-state index in [-0.39, 0.29) is 36.8 Å². The average molecular weight is 408 g/mol. The maximum atomic E-state index is 12.0. The molecule has 0 radical (unpaired) electrons. The maximum absolute atomic E-state index is 12.0. The third-order valence-electron chi connectivity index (χ3n) is 5.18. The molecular formula is C21H26ClNO5. The average Bonchev–Trinajstić information content (AvgIpc) is 2.67. The Morgan fingerprint density at radius 2 is 1.46 bits per heavy atom. The van der Waals surface area contributed by atoms with Gasteiger partial charge in [0.15, 0.2) is 0 Å². The van der Waals surface area contributed by atoms with Crippen molar-refractivity contribution in [3.63, 3.8) is 0 Å². The molecule has 1 heterocycles. The van der Waals surface area contributed by atoms with E-state index in [4.69, 9.17) is 24.7 Å². The number of ether oxygens (including phenoxy) is 4. The van der Waals surface area contributed by atoms with Gasteiger partial charge in [0.1, 0.15) is 23.0 Å². The molecule has 0 saturated heterocycles. The first kappa shape index (κ1) is 21.9. The number of hydrogen-bond acceptors (Lipinski definition) is 6. The van der Waals surface area contributed by atoms with E-state index in [1.165, 1.54) is 7.11 Å². The van der Waals surface area contributed by atoms with E-state index in [1.807, 2.05) is 24.3 Å². The monoisotopic (exact) mass is 407 g/mol. The van der Waals surface area contributed by atoms with Crippen molar-refractivity contribution < 1.29 is 23.7 Å². The third-order valence-corrected chi connectivity index (χ3v) is 5.18. The first-order valence-corrected chi connectivity index (χ1v) is 8.74. The number of rotatable bonds is 5. The van der Waals surface area contributed by atoms with Crippen LogP contribution >= 0.6 is 12.4 Å². The fourth-order valence-corrected chi connectivity index (χ4v) is 3.64. The van der Waals surface area contributed by atoms with Crippen LogP contribution in [0.1, 0.15) is 36.1 Å². The van der Waals surface area contributed by atoms with Gasteiger partial charge >= 0.3 is 5.97 Å². The topological polar surface area (TPSA) is 80.0 Å². The Morgan fingerprint density at radius 3 is 1.93 bits per heavy atom. The van der Waals surface area contributed by atoms with Gasteiger partial charge in [-0.3, -0.25) is 4.79 Å². The van der Waals surface area contributed by atoms with Gasteiger partial charge in [0.05, 0.1) is 33.3 Å². The first-order chi connectivity index (χ1) is 12.9. The summed E-state index contributed by atoms with van der Waals surface area (Å²) < 4.78 is 22.1. The van der Waals surface area contributed by atoms with Crippen molar-refractivity contribution in [1.29, 1.82) is 0 Å². The zero-order valence-electron chi connectivity index (χ0n) is 16.8. The second-order valence-electron chi connectivity index (χ2n) is 6.93. The summed E-state index contributed by atoms with van der Waals surface area (Å²) in [5.41, 5.74) is 9.09.